The summed E-state index contributed by atoms with van der Waals surface area (Å²) in [5.41, 5.74) is 1.92. The molecule has 2 aliphatic carbocycles. The van der Waals surface area contributed by atoms with E-state index in [2.05, 4.69) is 12.2 Å². The molecule has 3 fully saturated rings. The van der Waals surface area contributed by atoms with Gasteiger partial charge in [-0.25, -0.2) is 0 Å². The number of anilines is 1. The molecule has 5 nitrogen and oxygen atoms in total. The van der Waals surface area contributed by atoms with E-state index in [-0.39, 0.29) is 11.3 Å². The molecular formula is C23H29N2O3+. The number of nitrogens with zero attached hydrogens (tertiary/aromatic N) is 1. The maximum atomic E-state index is 13.6. The van der Waals surface area contributed by atoms with Crippen molar-refractivity contribution < 1.29 is 19.2 Å². The molecule has 2 atom stereocenters. The van der Waals surface area contributed by atoms with Gasteiger partial charge in [0.1, 0.15) is 0 Å². The van der Waals surface area contributed by atoms with Gasteiger partial charge in [0.05, 0.1) is 32.0 Å². The van der Waals surface area contributed by atoms with Crippen molar-refractivity contribution in [2.24, 2.45) is 17.3 Å². The van der Waals surface area contributed by atoms with Crippen molar-refractivity contribution in [2.45, 2.75) is 37.9 Å². The van der Waals surface area contributed by atoms with E-state index in [1.54, 1.807) is 0 Å². The number of benzene rings is 1. The quantitative estimate of drug-likeness (QED) is 0.795. The normalized spacial score (nSPS) is 39.4. The molecule has 28 heavy (non-hydrogen) atoms. The molecule has 2 spiro atoms. The molecule has 0 aromatic heterocycles. The van der Waals surface area contributed by atoms with Gasteiger partial charge in [0.2, 0.25) is 0 Å². The van der Waals surface area contributed by atoms with Crippen LogP contribution in [0.15, 0.2) is 36.4 Å². The number of ether oxygens (including phenoxy) is 2. The first-order chi connectivity index (χ1) is 13.7. The van der Waals surface area contributed by atoms with Crippen LogP contribution in [0, 0.1) is 17.3 Å². The molecule has 6 rings (SSSR count). The van der Waals surface area contributed by atoms with E-state index >= 15 is 0 Å². The van der Waals surface area contributed by atoms with Crippen molar-refractivity contribution in [3.05, 3.63) is 42.0 Å². The Morgan fingerprint density at radius 3 is 2.57 bits per heavy atom. The SMILES string of the molecule is O=C1N(C[NH+]2CCCCC2)c2ccccc2C12OCC1(CO2)C[C@H]2C=C[C@@H]1C2. The lowest BCUT2D eigenvalue weighted by molar-refractivity contribution is -0.903. The first-order valence-electron chi connectivity index (χ1n) is 10.9. The van der Waals surface area contributed by atoms with Gasteiger partial charge in [-0.05, 0) is 50.0 Å². The predicted molar refractivity (Wildman–Crippen MR) is 105 cm³/mol. The van der Waals surface area contributed by atoms with Crippen LogP contribution in [-0.4, -0.2) is 38.9 Å². The lowest BCUT2D eigenvalue weighted by Crippen LogP contribution is -3.14. The molecule has 1 N–H and O–H groups in total. The number of quaternary nitrogens is 1. The molecule has 3 heterocycles. The average Bonchev–Trinajstić information content (AvgIpc) is 3.40. The Morgan fingerprint density at radius 2 is 1.86 bits per heavy atom. The number of carbonyl (C=O) groups is 1. The number of allylic oxidation sites excluding steroid dienone is 2. The standard InChI is InChI=1S/C23H28N2O3/c26-21-23(27-14-22(15-28-23)13-17-8-9-18(22)12-17)19-6-2-3-7-20(19)25(21)16-24-10-4-1-5-11-24/h2-3,6-9,17-18H,1,4-5,10-16H2/p+1/t17-,18+,22?,23?/m0/s1. The van der Waals surface area contributed by atoms with Crippen LogP contribution in [-0.2, 0) is 20.1 Å². The zero-order chi connectivity index (χ0) is 18.8. The van der Waals surface area contributed by atoms with Crippen LogP contribution in [0.25, 0.3) is 0 Å². The van der Waals surface area contributed by atoms with Gasteiger partial charge in [-0.2, -0.15) is 0 Å². The summed E-state index contributed by atoms with van der Waals surface area (Å²) in [7, 11) is 0. The Labute approximate surface area is 166 Å². The molecule has 3 aliphatic heterocycles. The fraction of sp³-hybridized carbons (Fsp3) is 0.609. The van der Waals surface area contributed by atoms with Crippen LogP contribution < -0.4 is 9.80 Å². The minimum Gasteiger partial charge on any atom is -0.338 e. The summed E-state index contributed by atoms with van der Waals surface area (Å²) >= 11 is 0. The zero-order valence-electron chi connectivity index (χ0n) is 16.4. The van der Waals surface area contributed by atoms with Gasteiger partial charge in [0.25, 0.3) is 11.7 Å². The van der Waals surface area contributed by atoms with Crippen molar-refractivity contribution in [3.8, 4) is 0 Å². The smallest absolute Gasteiger partial charge is 0.296 e. The Bertz CT molecular complexity index is 821. The molecule has 2 saturated heterocycles. The molecular weight excluding hydrogens is 352 g/mol. The van der Waals surface area contributed by atoms with E-state index in [0.29, 0.717) is 31.7 Å². The maximum Gasteiger partial charge on any atom is 0.296 e. The number of amides is 1. The molecule has 5 aliphatic rings. The third kappa shape index (κ3) is 2.33. The Hall–Kier alpha value is -1.69. The lowest BCUT2D eigenvalue weighted by atomic mass is 9.76. The first kappa shape index (κ1) is 17.2. The van der Waals surface area contributed by atoms with Gasteiger partial charge < -0.3 is 14.4 Å². The predicted octanol–water partition coefficient (Wildman–Crippen LogP) is 1.84. The minimum atomic E-state index is -1.23. The summed E-state index contributed by atoms with van der Waals surface area (Å²) < 4.78 is 12.8. The topological polar surface area (TPSA) is 43.2 Å². The molecule has 0 unspecified atom stereocenters. The Morgan fingerprint density at radius 1 is 1.07 bits per heavy atom. The van der Waals surface area contributed by atoms with Gasteiger partial charge in [-0.1, -0.05) is 30.4 Å². The molecule has 0 radical (unpaired) electrons. The number of rotatable bonds is 2. The highest BCUT2D eigenvalue weighted by Gasteiger charge is 2.61. The van der Waals surface area contributed by atoms with E-state index in [9.17, 15) is 4.79 Å². The second-order valence-corrected chi connectivity index (χ2v) is 9.47. The highest BCUT2D eigenvalue weighted by Crippen LogP contribution is 2.57. The second-order valence-electron chi connectivity index (χ2n) is 9.47. The van der Waals surface area contributed by atoms with Crippen LogP contribution in [0.3, 0.4) is 0 Å². The number of likely N-dealkylation sites (tertiary alicyclic amines) is 1. The number of nitrogens with one attached hydrogen (secondary N) is 1. The van der Waals surface area contributed by atoms with Gasteiger partial charge >= 0.3 is 0 Å². The molecule has 2 bridgehead atoms. The van der Waals surface area contributed by atoms with Crippen molar-refractivity contribution in [1.29, 1.82) is 0 Å². The van der Waals surface area contributed by atoms with Gasteiger partial charge in [0.15, 0.2) is 6.67 Å². The summed E-state index contributed by atoms with van der Waals surface area (Å²) in [4.78, 5) is 17.0. The number of hydrogen-bond acceptors (Lipinski definition) is 3. The Kier molecular flexibility index (Phi) is 3.78. The minimum absolute atomic E-state index is 0.0275. The highest BCUT2D eigenvalue weighted by atomic mass is 16.7. The maximum absolute atomic E-state index is 13.6. The fourth-order valence-electron chi connectivity index (χ4n) is 6.22. The number of carbonyl (C=O) groups excluding carboxylic acids is 1. The summed E-state index contributed by atoms with van der Waals surface area (Å²) in [6, 6.07) is 8.05. The van der Waals surface area contributed by atoms with Gasteiger partial charge in [-0.15, -0.1) is 0 Å². The van der Waals surface area contributed by atoms with E-state index in [0.717, 1.165) is 30.8 Å². The molecule has 148 valence electrons. The number of hydrogen-bond donors (Lipinski definition) is 1. The third-order valence-corrected chi connectivity index (χ3v) is 7.77. The van der Waals surface area contributed by atoms with Crippen LogP contribution in [0.5, 0.6) is 0 Å². The summed E-state index contributed by atoms with van der Waals surface area (Å²) in [5.74, 6) is -0.0596. The average molecular weight is 381 g/mol. The third-order valence-electron chi connectivity index (χ3n) is 7.77. The van der Waals surface area contributed by atoms with E-state index in [1.807, 2.05) is 29.2 Å². The molecule has 1 aromatic carbocycles. The van der Waals surface area contributed by atoms with E-state index in [4.69, 9.17) is 9.47 Å². The van der Waals surface area contributed by atoms with Gasteiger partial charge in [0, 0.05) is 11.0 Å². The lowest BCUT2D eigenvalue weighted by Gasteiger charge is -2.45. The van der Waals surface area contributed by atoms with Crippen molar-refractivity contribution >= 4 is 11.6 Å². The van der Waals surface area contributed by atoms with E-state index < -0.39 is 5.79 Å². The first-order valence-corrected chi connectivity index (χ1v) is 10.9. The summed E-state index contributed by atoms with van der Waals surface area (Å²) in [6.07, 6.45) is 10.8. The van der Waals surface area contributed by atoms with Crippen molar-refractivity contribution in [2.75, 3.05) is 37.9 Å². The molecule has 5 heteroatoms. The summed E-state index contributed by atoms with van der Waals surface area (Å²) in [5, 5.41) is 0. The summed E-state index contributed by atoms with van der Waals surface area (Å²) in [6.45, 7) is 4.22. The largest absolute Gasteiger partial charge is 0.338 e. The fourth-order valence-corrected chi connectivity index (χ4v) is 6.22. The number of fused-ring (bicyclic) bond motifs is 5. The monoisotopic (exact) mass is 381 g/mol. The van der Waals surface area contributed by atoms with Crippen LogP contribution in [0.4, 0.5) is 5.69 Å². The van der Waals surface area contributed by atoms with Crippen LogP contribution >= 0.6 is 0 Å². The molecule has 1 amide bonds. The number of piperidine rings is 1. The van der Waals surface area contributed by atoms with Gasteiger partial charge in [-0.3, -0.25) is 9.69 Å². The molecule has 1 aromatic rings. The second kappa shape index (κ2) is 6.15. The number of para-hydroxylation sites is 1. The van der Waals surface area contributed by atoms with Crippen molar-refractivity contribution in [1.82, 2.24) is 0 Å². The van der Waals surface area contributed by atoms with E-state index in [1.165, 1.54) is 30.6 Å². The highest BCUT2D eigenvalue weighted by molar-refractivity contribution is 6.05. The van der Waals surface area contributed by atoms with Crippen LogP contribution in [0.2, 0.25) is 0 Å². The molecule has 1 saturated carbocycles. The zero-order valence-corrected chi connectivity index (χ0v) is 16.4. The van der Waals surface area contributed by atoms with Crippen molar-refractivity contribution in [3.63, 3.8) is 0 Å². The van der Waals surface area contributed by atoms with Crippen LogP contribution in [0.1, 0.15) is 37.7 Å². The Balaban J connectivity index is 1.29.